The maximum Gasteiger partial charge on any atom is 0.168 e. The fourth-order valence-corrected chi connectivity index (χ4v) is 0.461. The van der Waals surface area contributed by atoms with E-state index in [0.29, 0.717) is 11.8 Å². The molecule has 6 heteroatoms. The Bertz CT molecular complexity index is 372. The first-order chi connectivity index (χ1) is 5.93. The van der Waals surface area contributed by atoms with Crippen LogP contribution in [0, 0.1) is 11.3 Å². The van der Waals surface area contributed by atoms with Gasteiger partial charge >= 0.3 is 0 Å². The normalized spacial score (nSPS) is 9.31. The average Bonchev–Trinajstić information content (AvgIpc) is 2.03. The van der Waals surface area contributed by atoms with Crippen LogP contribution in [0.1, 0.15) is 5.56 Å². The summed E-state index contributed by atoms with van der Waals surface area (Å²) in [6.45, 7) is 0. The van der Waals surface area contributed by atoms with E-state index >= 15 is 0 Å². The fourth-order valence-electron chi connectivity index (χ4n) is 0.461. The van der Waals surface area contributed by atoms with Crippen LogP contribution in [0.15, 0.2) is 24.5 Å². The third-order valence-electron chi connectivity index (χ3n) is 0.847. The lowest BCUT2D eigenvalue weighted by atomic mass is 10.3. The Morgan fingerprint density at radius 3 is 2.08 bits per heavy atom. The monoisotopic (exact) mass is 200 g/mol. The Labute approximate surface area is 76.4 Å². The fraction of sp³-hybridized carbons (Fsp3) is 0.143. The highest BCUT2D eigenvalue weighted by Crippen LogP contribution is 1.87. The molecule has 0 spiro atoms. The minimum absolute atomic E-state index is 0.604. The third-order valence-corrected chi connectivity index (χ3v) is 0.847. The predicted molar refractivity (Wildman–Crippen MR) is 43.3 cm³/mol. The molecule has 0 saturated carbocycles. The van der Waals surface area contributed by atoms with Crippen molar-refractivity contribution in [3.8, 4) is 6.07 Å². The summed E-state index contributed by atoms with van der Waals surface area (Å²) in [6.07, 6.45) is 4.05. The Morgan fingerprint density at radius 1 is 1.46 bits per heavy atom. The Balaban J connectivity index is 0.000000252. The molecule has 0 aliphatic carbocycles. The van der Waals surface area contributed by atoms with E-state index in [0.717, 1.165) is 0 Å². The quantitative estimate of drug-likeness (QED) is 0.529. The van der Waals surface area contributed by atoms with E-state index in [4.69, 9.17) is 18.2 Å². The Hall–Kier alpha value is -1.45. The second-order valence-electron chi connectivity index (χ2n) is 2.10. The van der Waals surface area contributed by atoms with Gasteiger partial charge < -0.3 is 4.55 Å². The van der Waals surface area contributed by atoms with Crippen molar-refractivity contribution in [2.75, 3.05) is 6.26 Å². The van der Waals surface area contributed by atoms with Crippen molar-refractivity contribution < 1.29 is 18.0 Å². The first-order valence-electron chi connectivity index (χ1n) is 3.20. The summed E-state index contributed by atoms with van der Waals surface area (Å²) >= 11 is 0. The van der Waals surface area contributed by atoms with Crippen LogP contribution >= 0.6 is 0 Å². The van der Waals surface area contributed by atoms with Crippen LogP contribution in [0.5, 0.6) is 0 Å². The second kappa shape index (κ2) is 5.24. The highest BCUT2D eigenvalue weighted by atomic mass is 32.2. The standard InChI is InChI=1S/C6H4N2.CH4O3S/c7-5-6-1-3-8-4-2-6;1-5(2,3)4/h1-4H;1H3,(H,2,3,4). The van der Waals surface area contributed by atoms with Crippen molar-refractivity contribution in [3.63, 3.8) is 0 Å². The Kier molecular flexibility index (Phi) is 4.66. The van der Waals surface area contributed by atoms with E-state index in [2.05, 4.69) is 4.98 Å². The van der Waals surface area contributed by atoms with Crippen LogP contribution in [0.2, 0.25) is 0 Å². The van der Waals surface area contributed by atoms with E-state index < -0.39 is 10.1 Å². The number of aromatic nitrogens is 1. The molecule has 0 aliphatic heterocycles. The first kappa shape index (κ1) is 11.6. The van der Waals surface area contributed by atoms with Crippen molar-refractivity contribution in [3.05, 3.63) is 30.1 Å². The highest BCUT2D eigenvalue weighted by Gasteiger charge is 1.84. The molecule has 1 heterocycles. The highest BCUT2D eigenvalue weighted by molar-refractivity contribution is 7.84. The van der Waals surface area contributed by atoms with Gasteiger partial charge in [0.1, 0.15) is 0 Å². The molecule has 0 fully saturated rings. The zero-order chi connectivity index (χ0) is 10.3. The van der Waals surface area contributed by atoms with Crippen molar-refractivity contribution >= 4 is 10.1 Å². The van der Waals surface area contributed by atoms with Gasteiger partial charge in [0, 0.05) is 18.4 Å². The Morgan fingerprint density at radius 2 is 1.85 bits per heavy atom. The predicted octanol–water partition coefficient (Wildman–Crippen LogP) is -0.466. The molecule has 0 aromatic carbocycles. The molecule has 0 radical (unpaired) electrons. The van der Waals surface area contributed by atoms with Gasteiger partial charge in [-0.25, -0.2) is 13.4 Å². The number of nitriles is 1. The van der Waals surface area contributed by atoms with Gasteiger partial charge in [0.15, 0.2) is 12.4 Å². The van der Waals surface area contributed by atoms with Crippen LogP contribution in [0.4, 0.5) is 0 Å². The molecule has 13 heavy (non-hydrogen) atoms. The summed E-state index contributed by atoms with van der Waals surface area (Å²) < 4.78 is 27.2. The number of hydrogen-bond donors (Lipinski definition) is 0. The minimum atomic E-state index is -3.92. The summed E-state index contributed by atoms with van der Waals surface area (Å²) in [4.78, 5) is 2.82. The van der Waals surface area contributed by atoms with Crippen molar-refractivity contribution in [2.45, 2.75) is 0 Å². The van der Waals surface area contributed by atoms with Crippen molar-refractivity contribution in [1.29, 1.82) is 5.26 Å². The van der Waals surface area contributed by atoms with Gasteiger partial charge in [0.05, 0.1) is 21.8 Å². The van der Waals surface area contributed by atoms with E-state index in [1.807, 2.05) is 6.07 Å². The zero-order valence-electron chi connectivity index (χ0n) is 6.89. The molecule has 0 unspecified atom stereocenters. The molecule has 70 valence electrons. The van der Waals surface area contributed by atoms with Gasteiger partial charge in [-0.2, -0.15) is 5.26 Å². The van der Waals surface area contributed by atoms with E-state index in [-0.39, 0.29) is 0 Å². The molecule has 0 saturated heterocycles. The molecule has 0 bridgehead atoms. The molecule has 5 nitrogen and oxygen atoms in total. The zero-order valence-corrected chi connectivity index (χ0v) is 7.71. The lowest BCUT2D eigenvalue weighted by Gasteiger charge is -1.90. The van der Waals surface area contributed by atoms with E-state index in [1.54, 1.807) is 24.5 Å². The largest absolute Gasteiger partial charge is 0.748 e. The number of H-pyrrole nitrogens is 1. The molecule has 1 aromatic rings. The third kappa shape index (κ3) is 10.6. The van der Waals surface area contributed by atoms with E-state index in [9.17, 15) is 0 Å². The van der Waals surface area contributed by atoms with E-state index in [1.165, 1.54) is 0 Å². The maximum absolute atomic E-state index is 9.08. The average molecular weight is 200 g/mol. The summed E-state index contributed by atoms with van der Waals surface area (Å²) in [6, 6.07) is 5.45. The van der Waals surface area contributed by atoms with Crippen molar-refractivity contribution in [1.82, 2.24) is 0 Å². The van der Waals surface area contributed by atoms with Gasteiger partial charge in [-0.15, -0.1) is 0 Å². The lowest BCUT2D eigenvalue weighted by Crippen LogP contribution is -1.96. The lowest BCUT2D eigenvalue weighted by molar-refractivity contribution is -0.378. The molecule has 0 amide bonds. The number of aromatic amines is 1. The van der Waals surface area contributed by atoms with Crippen LogP contribution in [-0.4, -0.2) is 19.2 Å². The number of rotatable bonds is 0. The van der Waals surface area contributed by atoms with Crippen LogP contribution < -0.4 is 4.98 Å². The first-order valence-corrected chi connectivity index (χ1v) is 5.02. The topological polar surface area (TPSA) is 95.1 Å². The second-order valence-corrected chi connectivity index (χ2v) is 3.51. The van der Waals surface area contributed by atoms with Gasteiger partial charge in [-0.1, -0.05) is 0 Å². The smallest absolute Gasteiger partial charge is 0.168 e. The summed E-state index contributed by atoms with van der Waals surface area (Å²) in [5.74, 6) is 0. The maximum atomic E-state index is 9.08. The summed E-state index contributed by atoms with van der Waals surface area (Å²) in [7, 11) is -3.92. The van der Waals surface area contributed by atoms with Gasteiger partial charge in [0.25, 0.3) is 0 Å². The van der Waals surface area contributed by atoms with Gasteiger partial charge in [0.2, 0.25) is 0 Å². The molecule has 1 aromatic heterocycles. The number of pyridine rings is 1. The molecule has 0 atom stereocenters. The number of nitrogens with one attached hydrogen (secondary N) is 1. The van der Waals surface area contributed by atoms with Gasteiger partial charge in [-0.05, 0) is 0 Å². The van der Waals surface area contributed by atoms with Crippen LogP contribution in [-0.2, 0) is 10.1 Å². The number of nitrogens with zero attached hydrogens (tertiary/aromatic N) is 1. The minimum Gasteiger partial charge on any atom is -0.748 e. The molecule has 0 aliphatic rings. The molecule has 1 rings (SSSR count). The molecular weight excluding hydrogens is 192 g/mol. The number of hydrogen-bond acceptors (Lipinski definition) is 4. The van der Waals surface area contributed by atoms with Crippen molar-refractivity contribution in [2.24, 2.45) is 0 Å². The summed E-state index contributed by atoms with van der Waals surface area (Å²) in [5, 5.41) is 8.27. The van der Waals surface area contributed by atoms with Gasteiger partial charge in [-0.3, -0.25) is 0 Å². The van der Waals surface area contributed by atoms with Crippen LogP contribution in [0.3, 0.4) is 0 Å². The summed E-state index contributed by atoms with van der Waals surface area (Å²) in [5.41, 5.74) is 0.684. The molecule has 1 N–H and O–H groups in total. The SMILES string of the molecule is CS(=O)(=O)[O-].N#Cc1cc[nH+]cc1. The van der Waals surface area contributed by atoms with Crippen LogP contribution in [0.25, 0.3) is 0 Å². The molecular formula is C7H8N2O3S.